The topological polar surface area (TPSA) is 58.3 Å². The number of nitrogens with zero attached hydrogens (tertiary/aromatic N) is 5. The Hall–Kier alpha value is -1.89. The third-order valence-corrected chi connectivity index (χ3v) is 5.71. The zero-order valence-electron chi connectivity index (χ0n) is 11.1. The van der Waals surface area contributed by atoms with Gasteiger partial charge < -0.3 is 0 Å². The van der Waals surface area contributed by atoms with Gasteiger partial charge in [0, 0.05) is 10.4 Å². The molecule has 7 heteroatoms. The average molecular weight is 286 g/mol. The van der Waals surface area contributed by atoms with Crippen LogP contribution in [-0.4, -0.2) is 21.1 Å². The number of thiophene rings is 1. The fraction of sp³-hybridized carbons (Fsp3) is 0.462. The van der Waals surface area contributed by atoms with E-state index in [1.54, 1.807) is 0 Å². The molecule has 0 radical (unpaired) electrons. The van der Waals surface area contributed by atoms with Crippen molar-refractivity contribution in [3.8, 4) is 5.00 Å². The number of hydrogen-bond donors (Lipinski definition) is 1. The van der Waals surface area contributed by atoms with E-state index in [-0.39, 0.29) is 6.17 Å². The first-order valence-corrected chi connectivity index (χ1v) is 7.76. The molecular weight excluding hydrogens is 272 g/mol. The second-order valence-electron chi connectivity index (χ2n) is 5.76. The highest BCUT2D eigenvalue weighted by Gasteiger charge is 2.39. The third kappa shape index (κ3) is 1.21. The van der Waals surface area contributed by atoms with Gasteiger partial charge in [0.1, 0.15) is 17.7 Å². The van der Waals surface area contributed by atoms with E-state index in [1.165, 1.54) is 40.3 Å². The first-order valence-electron chi connectivity index (χ1n) is 6.95. The Balaban J connectivity index is 1.78. The summed E-state index contributed by atoms with van der Waals surface area (Å²) in [4.78, 5) is 3.60. The van der Waals surface area contributed by atoms with Crippen LogP contribution in [0.1, 0.15) is 35.5 Å². The summed E-state index contributed by atoms with van der Waals surface area (Å²) in [5.74, 6) is 1.63. The number of rotatable bonds is 0. The van der Waals surface area contributed by atoms with E-state index < -0.39 is 0 Å². The van der Waals surface area contributed by atoms with Crippen LogP contribution in [0.3, 0.4) is 0 Å². The quantitative estimate of drug-likeness (QED) is 0.802. The van der Waals surface area contributed by atoms with Crippen LogP contribution < -0.4 is 10.3 Å². The summed E-state index contributed by atoms with van der Waals surface area (Å²) in [5.41, 5.74) is 6.11. The number of aromatic nitrogens is 3. The maximum absolute atomic E-state index is 4.23. The standard InChI is InChI=1S/C13H14N6S/c1-7-2-3-8-9(4-7)20-12-10(8)11-16-14-5-18(11)13-17-15-6-19(12)13/h5-7,11,16H,2-4H2,1H3/t7-,11?/m1/s1. The summed E-state index contributed by atoms with van der Waals surface area (Å²) >= 11 is 1.90. The second-order valence-corrected chi connectivity index (χ2v) is 6.84. The highest BCUT2D eigenvalue weighted by molar-refractivity contribution is 7.15. The Morgan fingerprint density at radius 2 is 2.40 bits per heavy atom. The Morgan fingerprint density at radius 3 is 3.35 bits per heavy atom. The predicted molar refractivity (Wildman–Crippen MR) is 77.3 cm³/mol. The van der Waals surface area contributed by atoms with Gasteiger partial charge in [-0.25, -0.2) is 0 Å². The Morgan fingerprint density at radius 1 is 1.45 bits per heavy atom. The zero-order valence-corrected chi connectivity index (χ0v) is 11.9. The second kappa shape index (κ2) is 3.60. The molecule has 6 nitrogen and oxygen atoms in total. The predicted octanol–water partition coefficient (Wildman–Crippen LogP) is 1.82. The first-order chi connectivity index (χ1) is 9.83. The molecule has 1 aliphatic carbocycles. The summed E-state index contributed by atoms with van der Waals surface area (Å²) in [6.45, 7) is 2.34. The van der Waals surface area contributed by atoms with E-state index in [1.807, 2.05) is 24.0 Å². The minimum absolute atomic E-state index is 0.0927. The molecule has 102 valence electrons. The highest BCUT2D eigenvalue weighted by atomic mass is 32.1. The number of hydrazone groups is 1. The lowest BCUT2D eigenvalue weighted by Crippen LogP contribution is -2.35. The number of fused-ring (bicyclic) bond motifs is 8. The van der Waals surface area contributed by atoms with Gasteiger partial charge in [0.05, 0.1) is 0 Å². The maximum atomic E-state index is 4.23. The Bertz CT molecular complexity index is 729. The molecule has 0 fully saturated rings. The van der Waals surface area contributed by atoms with Crippen molar-refractivity contribution in [1.82, 2.24) is 20.2 Å². The van der Waals surface area contributed by atoms with E-state index in [0.29, 0.717) is 0 Å². The Labute approximate surface area is 120 Å². The molecule has 0 saturated heterocycles. The first kappa shape index (κ1) is 10.8. The molecule has 0 bridgehead atoms. The summed E-state index contributed by atoms with van der Waals surface area (Å²) < 4.78 is 2.10. The van der Waals surface area contributed by atoms with Crippen LogP contribution >= 0.6 is 11.3 Å². The fourth-order valence-electron chi connectivity index (χ4n) is 3.44. The third-order valence-electron chi connectivity index (χ3n) is 4.44. The van der Waals surface area contributed by atoms with E-state index in [4.69, 9.17) is 0 Å². The van der Waals surface area contributed by atoms with Gasteiger partial charge in [0.25, 0.3) is 0 Å². The zero-order chi connectivity index (χ0) is 13.3. The van der Waals surface area contributed by atoms with Crippen molar-refractivity contribution in [2.24, 2.45) is 11.0 Å². The molecule has 2 aliphatic heterocycles. The van der Waals surface area contributed by atoms with Crippen molar-refractivity contribution in [3.05, 3.63) is 22.3 Å². The molecule has 1 unspecified atom stereocenters. The normalized spacial score (nSPS) is 25.8. The van der Waals surface area contributed by atoms with Crippen molar-refractivity contribution < 1.29 is 0 Å². The summed E-state index contributed by atoms with van der Waals surface area (Å²) in [6.07, 6.45) is 7.35. The van der Waals surface area contributed by atoms with Crippen LogP contribution in [0.2, 0.25) is 0 Å². The lowest BCUT2D eigenvalue weighted by atomic mass is 9.87. The van der Waals surface area contributed by atoms with E-state index in [2.05, 4.69) is 37.1 Å². The van der Waals surface area contributed by atoms with Crippen LogP contribution in [-0.2, 0) is 12.8 Å². The summed E-state index contributed by atoms with van der Waals surface area (Å²) in [6, 6.07) is 0. The molecule has 0 amide bonds. The van der Waals surface area contributed by atoms with Crippen LogP contribution in [0, 0.1) is 5.92 Å². The molecule has 2 atom stereocenters. The van der Waals surface area contributed by atoms with Crippen molar-refractivity contribution >= 4 is 23.6 Å². The molecule has 2 aromatic rings. The van der Waals surface area contributed by atoms with Crippen molar-refractivity contribution in [3.63, 3.8) is 0 Å². The summed E-state index contributed by atoms with van der Waals surface area (Å²) in [7, 11) is 0. The highest BCUT2D eigenvalue weighted by Crippen LogP contribution is 2.46. The molecule has 20 heavy (non-hydrogen) atoms. The van der Waals surface area contributed by atoms with Gasteiger partial charge in [-0.3, -0.25) is 14.9 Å². The monoisotopic (exact) mass is 286 g/mol. The lowest BCUT2D eigenvalue weighted by molar-refractivity contribution is 0.499. The molecule has 0 saturated carbocycles. The smallest absolute Gasteiger partial charge is 0.239 e. The van der Waals surface area contributed by atoms with Crippen molar-refractivity contribution in [2.75, 3.05) is 4.90 Å². The molecule has 2 aromatic heterocycles. The fourth-order valence-corrected chi connectivity index (χ4v) is 4.94. The van der Waals surface area contributed by atoms with Gasteiger partial charge in [-0.2, -0.15) is 5.10 Å². The van der Waals surface area contributed by atoms with Crippen LogP contribution in [0.4, 0.5) is 5.95 Å². The molecular formula is C13H14N6S. The molecule has 3 aliphatic rings. The average Bonchev–Trinajstić information content (AvgIpc) is 3.14. The summed E-state index contributed by atoms with van der Waals surface area (Å²) in [5, 5.41) is 13.8. The molecule has 4 heterocycles. The number of nitrogens with one attached hydrogen (secondary N) is 1. The van der Waals surface area contributed by atoms with Crippen LogP contribution in [0.15, 0.2) is 11.4 Å². The van der Waals surface area contributed by atoms with E-state index in [0.717, 1.165) is 11.9 Å². The van der Waals surface area contributed by atoms with Crippen LogP contribution in [0.25, 0.3) is 5.00 Å². The van der Waals surface area contributed by atoms with Gasteiger partial charge in [0.15, 0.2) is 6.17 Å². The van der Waals surface area contributed by atoms with E-state index >= 15 is 0 Å². The maximum Gasteiger partial charge on any atom is 0.239 e. The van der Waals surface area contributed by atoms with Gasteiger partial charge in [0.2, 0.25) is 5.95 Å². The van der Waals surface area contributed by atoms with Gasteiger partial charge in [-0.05, 0) is 30.7 Å². The van der Waals surface area contributed by atoms with Crippen LogP contribution in [0.5, 0.6) is 0 Å². The molecule has 1 N–H and O–H groups in total. The van der Waals surface area contributed by atoms with Gasteiger partial charge in [-0.1, -0.05) is 6.92 Å². The largest absolute Gasteiger partial charge is 0.281 e. The molecule has 0 aromatic carbocycles. The Kier molecular flexibility index (Phi) is 1.95. The van der Waals surface area contributed by atoms with Gasteiger partial charge >= 0.3 is 0 Å². The van der Waals surface area contributed by atoms with Crippen molar-refractivity contribution in [2.45, 2.75) is 32.4 Å². The number of hydrogen-bond acceptors (Lipinski definition) is 6. The minimum Gasteiger partial charge on any atom is -0.281 e. The number of anilines is 1. The SMILES string of the molecule is C[C@@H]1CCc2c(sc3c2C2NN=CN2c2nncn2-3)C1. The van der Waals surface area contributed by atoms with Gasteiger partial charge in [-0.15, -0.1) is 21.5 Å². The minimum atomic E-state index is 0.0927. The molecule has 5 rings (SSSR count). The van der Waals surface area contributed by atoms with Crippen molar-refractivity contribution in [1.29, 1.82) is 0 Å². The van der Waals surface area contributed by atoms with E-state index in [9.17, 15) is 0 Å². The lowest BCUT2D eigenvalue weighted by Gasteiger charge is -2.29. The molecule has 0 spiro atoms.